The predicted octanol–water partition coefficient (Wildman–Crippen LogP) is 5.02. The zero-order valence-electron chi connectivity index (χ0n) is 16.8. The summed E-state index contributed by atoms with van der Waals surface area (Å²) in [7, 11) is 0. The molecule has 0 aliphatic carbocycles. The Kier molecular flexibility index (Phi) is 5.58. The van der Waals surface area contributed by atoms with Crippen LogP contribution >= 0.6 is 11.8 Å². The molecule has 0 radical (unpaired) electrons. The van der Waals surface area contributed by atoms with E-state index in [1.54, 1.807) is 30.0 Å². The number of anilines is 1. The third-order valence-electron chi connectivity index (χ3n) is 4.87. The molecule has 0 bridgehead atoms. The zero-order chi connectivity index (χ0) is 21.0. The van der Waals surface area contributed by atoms with Crippen molar-refractivity contribution >= 4 is 23.4 Å². The lowest BCUT2D eigenvalue weighted by atomic mass is 10.1. The Morgan fingerprint density at radius 2 is 1.42 bits per heavy atom. The molecule has 0 aromatic heterocycles. The molecule has 0 atom stereocenters. The first-order valence-corrected chi connectivity index (χ1v) is 11.0. The standard InChI is InChI=1S/C24H21NO5S/c26-24(16-7-8-19-20(13-16)28-10-4-9-27-19)25-18-14-21-22(30-12-11-29-21)15-23(18)31-17-5-2-1-3-6-17/h1-3,5-8,13-15H,4,9-12H2,(H,25,26). The molecule has 2 heterocycles. The fraction of sp³-hybridized carbons (Fsp3) is 0.208. The van der Waals surface area contributed by atoms with Gasteiger partial charge in [-0.3, -0.25) is 4.79 Å². The molecule has 0 spiro atoms. The first-order valence-electron chi connectivity index (χ1n) is 10.1. The van der Waals surface area contributed by atoms with Crippen molar-refractivity contribution < 1.29 is 23.7 Å². The fourth-order valence-corrected chi connectivity index (χ4v) is 4.30. The van der Waals surface area contributed by atoms with Crippen LogP contribution in [0.5, 0.6) is 23.0 Å². The molecule has 3 aromatic rings. The van der Waals surface area contributed by atoms with E-state index in [0.717, 1.165) is 16.2 Å². The van der Waals surface area contributed by atoms with Gasteiger partial charge >= 0.3 is 0 Å². The van der Waals surface area contributed by atoms with E-state index in [9.17, 15) is 4.79 Å². The van der Waals surface area contributed by atoms with Gasteiger partial charge in [0.1, 0.15) is 13.2 Å². The highest BCUT2D eigenvalue weighted by Crippen LogP contribution is 2.42. The molecule has 0 fully saturated rings. The molecule has 3 aromatic carbocycles. The first-order chi connectivity index (χ1) is 15.3. The van der Waals surface area contributed by atoms with Gasteiger partial charge in [0.25, 0.3) is 5.91 Å². The minimum Gasteiger partial charge on any atom is -0.490 e. The summed E-state index contributed by atoms with van der Waals surface area (Å²) >= 11 is 1.55. The number of carbonyl (C=O) groups excluding carboxylic acids is 1. The highest BCUT2D eigenvalue weighted by atomic mass is 32.2. The van der Waals surface area contributed by atoms with Crippen molar-refractivity contribution in [3.8, 4) is 23.0 Å². The summed E-state index contributed by atoms with van der Waals surface area (Å²) < 4.78 is 22.8. The van der Waals surface area contributed by atoms with Gasteiger partial charge in [0.05, 0.1) is 18.9 Å². The number of rotatable bonds is 4. The van der Waals surface area contributed by atoms with Crippen LogP contribution in [0, 0.1) is 0 Å². The Morgan fingerprint density at radius 3 is 2.23 bits per heavy atom. The van der Waals surface area contributed by atoms with Crippen LogP contribution in [0.15, 0.2) is 70.5 Å². The lowest BCUT2D eigenvalue weighted by molar-refractivity contribution is 0.102. The average molecular weight is 436 g/mol. The molecule has 0 saturated heterocycles. The number of hydrogen-bond acceptors (Lipinski definition) is 6. The van der Waals surface area contributed by atoms with Gasteiger partial charge in [-0.15, -0.1) is 0 Å². The smallest absolute Gasteiger partial charge is 0.255 e. The van der Waals surface area contributed by atoms with Crippen LogP contribution in [0.25, 0.3) is 0 Å². The molecule has 2 aliphatic rings. The molecule has 6 nitrogen and oxygen atoms in total. The van der Waals surface area contributed by atoms with Gasteiger partial charge in [-0.2, -0.15) is 0 Å². The van der Waals surface area contributed by atoms with E-state index in [0.29, 0.717) is 60.7 Å². The lowest BCUT2D eigenvalue weighted by Crippen LogP contribution is -2.17. The number of fused-ring (bicyclic) bond motifs is 2. The lowest BCUT2D eigenvalue weighted by Gasteiger charge is -2.21. The third kappa shape index (κ3) is 4.41. The summed E-state index contributed by atoms with van der Waals surface area (Å²) in [5, 5.41) is 3.03. The highest BCUT2D eigenvalue weighted by Gasteiger charge is 2.20. The maximum absolute atomic E-state index is 13.1. The number of ether oxygens (including phenoxy) is 4. The summed E-state index contributed by atoms with van der Waals surface area (Å²) in [5.41, 5.74) is 1.16. The minimum atomic E-state index is -0.234. The molecular weight excluding hydrogens is 414 g/mol. The van der Waals surface area contributed by atoms with Crippen molar-refractivity contribution in [3.63, 3.8) is 0 Å². The molecule has 0 saturated carbocycles. The van der Waals surface area contributed by atoms with Gasteiger partial charge in [-0.1, -0.05) is 30.0 Å². The van der Waals surface area contributed by atoms with Crippen molar-refractivity contribution in [2.24, 2.45) is 0 Å². The number of nitrogens with one attached hydrogen (secondary N) is 1. The third-order valence-corrected chi connectivity index (χ3v) is 5.94. The molecule has 1 N–H and O–H groups in total. The van der Waals surface area contributed by atoms with Crippen LogP contribution in [-0.2, 0) is 0 Å². The normalized spacial score (nSPS) is 14.5. The molecular formula is C24H21NO5S. The van der Waals surface area contributed by atoms with Crippen LogP contribution in [0.3, 0.4) is 0 Å². The van der Waals surface area contributed by atoms with E-state index < -0.39 is 0 Å². The summed E-state index contributed by atoms with van der Waals surface area (Å²) in [6, 6.07) is 19.0. The average Bonchev–Trinajstić information content (AvgIpc) is 3.05. The number of amides is 1. The fourth-order valence-electron chi connectivity index (χ4n) is 3.37. The largest absolute Gasteiger partial charge is 0.490 e. The van der Waals surface area contributed by atoms with Gasteiger partial charge in [0, 0.05) is 33.9 Å². The van der Waals surface area contributed by atoms with E-state index in [1.165, 1.54) is 0 Å². The van der Waals surface area contributed by atoms with Crippen molar-refractivity contribution in [2.45, 2.75) is 16.2 Å². The van der Waals surface area contributed by atoms with Crippen molar-refractivity contribution in [2.75, 3.05) is 31.7 Å². The van der Waals surface area contributed by atoms with Crippen LogP contribution in [0.4, 0.5) is 5.69 Å². The van der Waals surface area contributed by atoms with Crippen LogP contribution < -0.4 is 24.3 Å². The first kappa shape index (κ1) is 19.6. The Bertz CT molecular complexity index is 1100. The van der Waals surface area contributed by atoms with E-state index >= 15 is 0 Å². The summed E-state index contributed by atoms with van der Waals surface area (Å²) in [5.74, 6) is 2.32. The topological polar surface area (TPSA) is 66.0 Å². The second-order valence-corrected chi connectivity index (χ2v) is 8.19. The Hall–Kier alpha value is -3.32. The maximum atomic E-state index is 13.1. The van der Waals surface area contributed by atoms with Crippen LogP contribution in [0.1, 0.15) is 16.8 Å². The molecule has 2 aliphatic heterocycles. The maximum Gasteiger partial charge on any atom is 0.255 e. The van der Waals surface area contributed by atoms with Crippen molar-refractivity contribution in [1.82, 2.24) is 0 Å². The molecule has 5 rings (SSSR count). The van der Waals surface area contributed by atoms with Gasteiger partial charge in [0.2, 0.25) is 0 Å². The quantitative estimate of drug-likeness (QED) is 0.621. The molecule has 31 heavy (non-hydrogen) atoms. The molecule has 0 unspecified atom stereocenters. The van der Waals surface area contributed by atoms with Gasteiger partial charge < -0.3 is 24.3 Å². The van der Waals surface area contributed by atoms with Crippen LogP contribution in [0.2, 0.25) is 0 Å². The summed E-state index contributed by atoms with van der Waals surface area (Å²) in [6.45, 7) is 2.16. The predicted molar refractivity (Wildman–Crippen MR) is 118 cm³/mol. The number of hydrogen-bond donors (Lipinski definition) is 1. The second-order valence-electron chi connectivity index (χ2n) is 7.07. The number of carbonyl (C=O) groups is 1. The molecule has 158 valence electrons. The second kappa shape index (κ2) is 8.81. The summed E-state index contributed by atoms with van der Waals surface area (Å²) in [4.78, 5) is 15.0. The Balaban J connectivity index is 1.44. The van der Waals surface area contributed by atoms with E-state index in [2.05, 4.69) is 5.32 Å². The van der Waals surface area contributed by atoms with E-state index in [1.807, 2.05) is 42.5 Å². The summed E-state index contributed by atoms with van der Waals surface area (Å²) in [6.07, 6.45) is 0.813. The zero-order valence-corrected chi connectivity index (χ0v) is 17.6. The molecule has 7 heteroatoms. The monoisotopic (exact) mass is 435 g/mol. The van der Waals surface area contributed by atoms with Crippen molar-refractivity contribution in [3.05, 3.63) is 66.2 Å². The minimum absolute atomic E-state index is 0.234. The van der Waals surface area contributed by atoms with Crippen LogP contribution in [-0.4, -0.2) is 32.3 Å². The highest BCUT2D eigenvalue weighted by molar-refractivity contribution is 7.99. The Labute approximate surface area is 184 Å². The number of benzene rings is 3. The SMILES string of the molecule is O=C(Nc1cc2c(cc1Sc1ccccc1)OCCO2)c1ccc2c(c1)OCCCO2. The van der Waals surface area contributed by atoms with E-state index in [-0.39, 0.29) is 5.91 Å². The van der Waals surface area contributed by atoms with Gasteiger partial charge in [-0.25, -0.2) is 0 Å². The van der Waals surface area contributed by atoms with Gasteiger partial charge in [-0.05, 0) is 30.3 Å². The van der Waals surface area contributed by atoms with E-state index in [4.69, 9.17) is 18.9 Å². The molecule has 1 amide bonds. The Morgan fingerprint density at radius 1 is 0.742 bits per heavy atom. The van der Waals surface area contributed by atoms with Gasteiger partial charge in [0.15, 0.2) is 23.0 Å². The van der Waals surface area contributed by atoms with Crippen molar-refractivity contribution in [1.29, 1.82) is 0 Å².